The van der Waals surface area contributed by atoms with Gasteiger partial charge < -0.3 is 16.0 Å². The third kappa shape index (κ3) is 10.1. The number of hydrogen-bond acceptors (Lipinski definition) is 3. The van der Waals surface area contributed by atoms with Crippen molar-refractivity contribution in [3.8, 4) is 0 Å². The summed E-state index contributed by atoms with van der Waals surface area (Å²) in [7, 11) is 0. The molecule has 2 amide bonds. The van der Waals surface area contributed by atoms with E-state index < -0.39 is 0 Å². The zero-order valence-electron chi connectivity index (χ0n) is 12.0. The third-order valence-electron chi connectivity index (χ3n) is 2.54. The second kappa shape index (κ2) is 9.88. The summed E-state index contributed by atoms with van der Waals surface area (Å²) in [5, 5.41) is 8.65. The second-order valence-electron chi connectivity index (χ2n) is 5.00. The molecule has 0 saturated carbocycles. The third-order valence-corrected chi connectivity index (χ3v) is 2.54. The van der Waals surface area contributed by atoms with Crippen LogP contribution in [0.15, 0.2) is 0 Å². The molecular weight excluding hydrogens is 230 g/mol. The van der Waals surface area contributed by atoms with Gasteiger partial charge in [-0.3, -0.25) is 9.59 Å². The lowest BCUT2D eigenvalue weighted by molar-refractivity contribution is -0.122. The SMILES string of the molecule is CCC(C)NC(=O)CNCCC(=O)NCC(C)C. The summed E-state index contributed by atoms with van der Waals surface area (Å²) in [6.45, 7) is 9.59. The van der Waals surface area contributed by atoms with Crippen molar-refractivity contribution in [1.29, 1.82) is 0 Å². The lowest BCUT2D eigenvalue weighted by Gasteiger charge is -2.12. The monoisotopic (exact) mass is 257 g/mol. The molecule has 0 radical (unpaired) electrons. The topological polar surface area (TPSA) is 70.2 Å². The summed E-state index contributed by atoms with van der Waals surface area (Å²) in [4.78, 5) is 22.8. The Morgan fingerprint density at radius 3 is 2.33 bits per heavy atom. The minimum Gasteiger partial charge on any atom is -0.356 e. The normalized spacial score (nSPS) is 12.3. The van der Waals surface area contributed by atoms with Gasteiger partial charge in [-0.25, -0.2) is 0 Å². The highest BCUT2D eigenvalue weighted by Gasteiger charge is 2.05. The Morgan fingerprint density at radius 1 is 1.11 bits per heavy atom. The molecule has 0 heterocycles. The molecule has 5 nitrogen and oxygen atoms in total. The van der Waals surface area contributed by atoms with Crippen molar-refractivity contribution in [3.63, 3.8) is 0 Å². The van der Waals surface area contributed by atoms with Crippen LogP contribution in [0, 0.1) is 5.92 Å². The maximum Gasteiger partial charge on any atom is 0.234 e. The van der Waals surface area contributed by atoms with Gasteiger partial charge in [0.1, 0.15) is 0 Å². The molecule has 5 heteroatoms. The molecule has 0 fully saturated rings. The molecule has 18 heavy (non-hydrogen) atoms. The highest BCUT2D eigenvalue weighted by Crippen LogP contribution is 1.88. The van der Waals surface area contributed by atoms with Gasteiger partial charge in [-0.15, -0.1) is 0 Å². The molecule has 106 valence electrons. The zero-order chi connectivity index (χ0) is 14.0. The van der Waals surface area contributed by atoms with Crippen molar-refractivity contribution in [1.82, 2.24) is 16.0 Å². The first kappa shape index (κ1) is 16.9. The Hall–Kier alpha value is -1.10. The first-order chi connectivity index (χ1) is 8.45. The van der Waals surface area contributed by atoms with Crippen LogP contribution in [0.3, 0.4) is 0 Å². The lowest BCUT2D eigenvalue weighted by Crippen LogP contribution is -2.39. The summed E-state index contributed by atoms with van der Waals surface area (Å²) in [6.07, 6.45) is 1.33. The first-order valence-electron chi connectivity index (χ1n) is 6.72. The van der Waals surface area contributed by atoms with Crippen LogP contribution >= 0.6 is 0 Å². The quantitative estimate of drug-likeness (QED) is 0.531. The molecule has 0 aliphatic carbocycles. The fourth-order valence-corrected chi connectivity index (χ4v) is 1.24. The molecule has 0 aliphatic rings. The van der Waals surface area contributed by atoms with Crippen LogP contribution in [0.2, 0.25) is 0 Å². The fraction of sp³-hybridized carbons (Fsp3) is 0.846. The van der Waals surface area contributed by atoms with E-state index in [-0.39, 0.29) is 24.4 Å². The van der Waals surface area contributed by atoms with Crippen LogP contribution < -0.4 is 16.0 Å². The lowest BCUT2D eigenvalue weighted by atomic mass is 10.2. The van der Waals surface area contributed by atoms with Crippen molar-refractivity contribution >= 4 is 11.8 Å². The van der Waals surface area contributed by atoms with E-state index >= 15 is 0 Å². The van der Waals surface area contributed by atoms with Gasteiger partial charge in [0, 0.05) is 25.6 Å². The number of nitrogens with one attached hydrogen (secondary N) is 3. The molecule has 0 spiro atoms. The fourth-order valence-electron chi connectivity index (χ4n) is 1.24. The molecule has 0 aromatic heterocycles. The summed E-state index contributed by atoms with van der Waals surface area (Å²) < 4.78 is 0. The molecular formula is C13H27N3O2. The van der Waals surface area contributed by atoms with Crippen molar-refractivity contribution < 1.29 is 9.59 Å². The number of rotatable bonds is 9. The van der Waals surface area contributed by atoms with Crippen molar-refractivity contribution in [3.05, 3.63) is 0 Å². The highest BCUT2D eigenvalue weighted by atomic mass is 16.2. The Bertz CT molecular complexity index is 255. The molecule has 1 unspecified atom stereocenters. The van der Waals surface area contributed by atoms with Gasteiger partial charge in [0.15, 0.2) is 0 Å². The predicted octanol–water partition coefficient (Wildman–Crippen LogP) is 0.653. The van der Waals surface area contributed by atoms with Gasteiger partial charge in [-0.2, -0.15) is 0 Å². The highest BCUT2D eigenvalue weighted by molar-refractivity contribution is 5.78. The largest absolute Gasteiger partial charge is 0.356 e. The molecule has 0 bridgehead atoms. The van der Waals surface area contributed by atoms with Crippen LogP contribution in [0.25, 0.3) is 0 Å². The Labute approximate surface area is 110 Å². The summed E-state index contributed by atoms with van der Waals surface area (Å²) in [6, 6.07) is 0.202. The van der Waals surface area contributed by atoms with Gasteiger partial charge in [0.25, 0.3) is 0 Å². The van der Waals surface area contributed by atoms with Gasteiger partial charge in [-0.1, -0.05) is 20.8 Å². The Kier molecular flexibility index (Phi) is 9.28. The predicted molar refractivity (Wildman–Crippen MR) is 73.2 cm³/mol. The molecule has 3 N–H and O–H groups in total. The summed E-state index contributed by atoms with van der Waals surface area (Å²) in [5.74, 6) is 0.466. The zero-order valence-corrected chi connectivity index (χ0v) is 12.0. The maximum absolute atomic E-state index is 11.4. The van der Waals surface area contributed by atoms with E-state index in [1.54, 1.807) is 0 Å². The van der Waals surface area contributed by atoms with E-state index in [2.05, 4.69) is 29.8 Å². The van der Waals surface area contributed by atoms with Crippen molar-refractivity contribution in [2.45, 2.75) is 46.6 Å². The van der Waals surface area contributed by atoms with Crippen LogP contribution in [-0.2, 0) is 9.59 Å². The standard InChI is InChI=1S/C13H27N3O2/c1-5-11(4)16-13(18)9-14-7-6-12(17)15-8-10(2)3/h10-11,14H,5-9H2,1-4H3,(H,15,17)(H,16,18). The Balaban J connectivity index is 3.49. The van der Waals surface area contributed by atoms with Crippen molar-refractivity contribution in [2.75, 3.05) is 19.6 Å². The number of carbonyl (C=O) groups excluding carboxylic acids is 2. The first-order valence-corrected chi connectivity index (χ1v) is 6.72. The number of amides is 2. The second-order valence-corrected chi connectivity index (χ2v) is 5.00. The van der Waals surface area contributed by atoms with E-state index in [1.165, 1.54) is 0 Å². The molecule has 0 aromatic carbocycles. The maximum atomic E-state index is 11.4. The minimum atomic E-state index is -0.0214. The summed E-state index contributed by atoms with van der Waals surface area (Å²) >= 11 is 0. The smallest absolute Gasteiger partial charge is 0.234 e. The van der Waals surface area contributed by atoms with Crippen LogP contribution in [0.5, 0.6) is 0 Å². The molecule has 0 saturated heterocycles. The molecule has 1 atom stereocenters. The van der Waals surface area contributed by atoms with E-state index in [0.29, 0.717) is 25.4 Å². The summed E-state index contributed by atoms with van der Waals surface area (Å²) in [5.41, 5.74) is 0. The number of carbonyl (C=O) groups is 2. The Morgan fingerprint density at radius 2 is 1.78 bits per heavy atom. The van der Waals surface area contributed by atoms with Crippen LogP contribution in [-0.4, -0.2) is 37.5 Å². The van der Waals surface area contributed by atoms with E-state index in [9.17, 15) is 9.59 Å². The van der Waals surface area contributed by atoms with Crippen molar-refractivity contribution in [2.24, 2.45) is 5.92 Å². The molecule has 0 aromatic rings. The van der Waals surface area contributed by atoms with Gasteiger partial charge in [0.2, 0.25) is 11.8 Å². The average molecular weight is 257 g/mol. The molecule has 0 rings (SSSR count). The van der Waals surface area contributed by atoms with Gasteiger partial charge >= 0.3 is 0 Å². The average Bonchev–Trinajstić information content (AvgIpc) is 2.31. The van der Waals surface area contributed by atoms with Crippen LogP contribution in [0.1, 0.15) is 40.5 Å². The van der Waals surface area contributed by atoms with E-state index in [0.717, 1.165) is 6.42 Å². The molecule has 0 aliphatic heterocycles. The van der Waals surface area contributed by atoms with E-state index in [1.807, 2.05) is 13.8 Å². The van der Waals surface area contributed by atoms with E-state index in [4.69, 9.17) is 0 Å². The van der Waals surface area contributed by atoms with Gasteiger partial charge in [0.05, 0.1) is 6.54 Å². The van der Waals surface area contributed by atoms with Gasteiger partial charge in [-0.05, 0) is 19.3 Å². The minimum absolute atomic E-state index is 0.0214. The van der Waals surface area contributed by atoms with Crippen LogP contribution in [0.4, 0.5) is 0 Å². The number of hydrogen-bond donors (Lipinski definition) is 3.